The molecule has 0 saturated carbocycles. The number of carbonyl (C=O) groups is 1. The van der Waals surface area contributed by atoms with Crippen molar-refractivity contribution in [2.24, 2.45) is 7.05 Å². The van der Waals surface area contributed by atoms with Gasteiger partial charge in [-0.15, -0.1) is 5.10 Å². The molecule has 3 rings (SSSR count). The van der Waals surface area contributed by atoms with Crippen molar-refractivity contribution in [3.8, 4) is 11.4 Å². The van der Waals surface area contributed by atoms with Crippen LogP contribution < -0.4 is 16.3 Å². The lowest BCUT2D eigenvalue weighted by Gasteiger charge is -2.07. The Labute approximate surface area is 144 Å². The number of carbonyl (C=O) groups excluding carboxylic acids is 1. The minimum absolute atomic E-state index is 0.218. The Bertz CT molecular complexity index is 900. The van der Waals surface area contributed by atoms with Crippen molar-refractivity contribution in [3.63, 3.8) is 0 Å². The first-order chi connectivity index (χ1) is 12.1. The molecule has 2 amide bonds. The van der Waals surface area contributed by atoms with Gasteiger partial charge in [0.1, 0.15) is 0 Å². The fourth-order valence-electron chi connectivity index (χ4n) is 2.44. The standard InChI is InChI=1S/C18H19N5O2/c1-22-16(14-8-4-2-5-9-14)21-23(18(22)25)13-12-19-17(24)20-15-10-6-3-7-11-15/h2-11H,12-13H2,1H3,(H2,19,20,24). The first-order valence-corrected chi connectivity index (χ1v) is 7.94. The first-order valence-electron chi connectivity index (χ1n) is 7.94. The third kappa shape index (κ3) is 3.95. The summed E-state index contributed by atoms with van der Waals surface area (Å²) in [7, 11) is 1.68. The van der Waals surface area contributed by atoms with Crippen molar-refractivity contribution in [2.75, 3.05) is 11.9 Å². The quantitative estimate of drug-likeness (QED) is 0.748. The highest BCUT2D eigenvalue weighted by Gasteiger charge is 2.11. The number of hydrogen-bond donors (Lipinski definition) is 2. The van der Waals surface area contributed by atoms with Crippen LogP contribution in [0.3, 0.4) is 0 Å². The molecule has 0 aliphatic carbocycles. The smallest absolute Gasteiger partial charge is 0.336 e. The van der Waals surface area contributed by atoms with Gasteiger partial charge in [-0.2, -0.15) is 0 Å². The Morgan fingerprint density at radius 3 is 2.36 bits per heavy atom. The Balaban J connectivity index is 1.60. The highest BCUT2D eigenvalue weighted by atomic mass is 16.2. The van der Waals surface area contributed by atoms with Gasteiger partial charge in [0.2, 0.25) is 0 Å². The lowest BCUT2D eigenvalue weighted by Crippen LogP contribution is -2.34. The van der Waals surface area contributed by atoms with Crippen LogP contribution in [0.4, 0.5) is 10.5 Å². The minimum atomic E-state index is -0.321. The van der Waals surface area contributed by atoms with E-state index in [0.29, 0.717) is 24.6 Å². The molecule has 7 nitrogen and oxygen atoms in total. The molecule has 0 saturated heterocycles. The van der Waals surface area contributed by atoms with Crippen LogP contribution in [0.15, 0.2) is 65.5 Å². The third-order valence-electron chi connectivity index (χ3n) is 3.71. The minimum Gasteiger partial charge on any atom is -0.336 e. The van der Waals surface area contributed by atoms with Gasteiger partial charge in [-0.1, -0.05) is 48.5 Å². The molecule has 25 heavy (non-hydrogen) atoms. The number of para-hydroxylation sites is 1. The van der Waals surface area contributed by atoms with Crippen molar-refractivity contribution in [3.05, 3.63) is 71.1 Å². The fourth-order valence-corrected chi connectivity index (χ4v) is 2.44. The maximum absolute atomic E-state index is 12.3. The Hall–Kier alpha value is -3.35. The molecular formula is C18H19N5O2. The van der Waals surface area contributed by atoms with E-state index in [-0.39, 0.29) is 11.7 Å². The van der Waals surface area contributed by atoms with Crippen molar-refractivity contribution in [2.45, 2.75) is 6.54 Å². The average Bonchev–Trinajstić information content (AvgIpc) is 2.92. The van der Waals surface area contributed by atoms with Gasteiger partial charge in [-0.05, 0) is 12.1 Å². The summed E-state index contributed by atoms with van der Waals surface area (Å²) in [6.07, 6.45) is 0. The molecule has 0 spiro atoms. The second-order valence-corrected chi connectivity index (χ2v) is 5.50. The zero-order chi connectivity index (χ0) is 17.6. The number of benzene rings is 2. The number of amides is 2. The van der Waals surface area contributed by atoms with Gasteiger partial charge in [0.05, 0.1) is 6.54 Å². The van der Waals surface area contributed by atoms with Gasteiger partial charge in [-0.25, -0.2) is 14.3 Å². The molecule has 2 aromatic carbocycles. The van der Waals surface area contributed by atoms with Gasteiger partial charge in [0, 0.05) is 24.8 Å². The molecule has 0 bridgehead atoms. The van der Waals surface area contributed by atoms with Crippen molar-refractivity contribution in [1.29, 1.82) is 0 Å². The summed E-state index contributed by atoms with van der Waals surface area (Å²) in [5.74, 6) is 0.597. The van der Waals surface area contributed by atoms with Crippen molar-refractivity contribution in [1.82, 2.24) is 19.7 Å². The number of anilines is 1. The molecule has 0 aliphatic rings. The van der Waals surface area contributed by atoms with Gasteiger partial charge < -0.3 is 10.6 Å². The normalized spacial score (nSPS) is 10.4. The molecular weight excluding hydrogens is 318 g/mol. The van der Waals surface area contributed by atoms with E-state index in [2.05, 4.69) is 15.7 Å². The third-order valence-corrected chi connectivity index (χ3v) is 3.71. The maximum atomic E-state index is 12.3. The number of nitrogens with zero attached hydrogens (tertiary/aromatic N) is 3. The Morgan fingerprint density at radius 1 is 1.04 bits per heavy atom. The molecule has 128 valence electrons. The molecule has 0 aliphatic heterocycles. The van der Waals surface area contributed by atoms with Crippen molar-refractivity contribution < 1.29 is 4.79 Å². The molecule has 3 aromatic rings. The summed E-state index contributed by atoms with van der Waals surface area (Å²) < 4.78 is 2.85. The predicted molar refractivity (Wildman–Crippen MR) is 96.4 cm³/mol. The summed E-state index contributed by atoms with van der Waals surface area (Å²) in [6.45, 7) is 0.589. The van der Waals surface area contributed by atoms with Gasteiger partial charge in [0.15, 0.2) is 5.82 Å². The summed E-state index contributed by atoms with van der Waals surface area (Å²) in [5, 5.41) is 9.79. The molecule has 1 heterocycles. The van der Waals surface area contributed by atoms with Crippen LogP contribution in [0.2, 0.25) is 0 Å². The molecule has 0 unspecified atom stereocenters. The van der Waals surface area contributed by atoms with E-state index in [1.807, 2.05) is 48.5 Å². The second kappa shape index (κ2) is 7.48. The summed E-state index contributed by atoms with van der Waals surface area (Å²) in [6, 6.07) is 18.3. The lowest BCUT2D eigenvalue weighted by atomic mass is 10.2. The predicted octanol–water partition coefficient (Wildman–Crippen LogP) is 2.07. The highest BCUT2D eigenvalue weighted by Crippen LogP contribution is 2.13. The van der Waals surface area contributed by atoms with Crippen LogP contribution in [0.25, 0.3) is 11.4 Å². The number of rotatable bonds is 5. The molecule has 1 aromatic heterocycles. The molecule has 2 N–H and O–H groups in total. The Kier molecular flexibility index (Phi) is 4.94. The maximum Gasteiger partial charge on any atom is 0.345 e. The van der Waals surface area contributed by atoms with Crippen LogP contribution in [-0.4, -0.2) is 26.9 Å². The zero-order valence-corrected chi connectivity index (χ0v) is 13.8. The number of aromatic nitrogens is 3. The van der Waals surface area contributed by atoms with E-state index in [1.165, 1.54) is 9.25 Å². The fraction of sp³-hybridized carbons (Fsp3) is 0.167. The number of urea groups is 1. The first kappa shape index (κ1) is 16.5. The second-order valence-electron chi connectivity index (χ2n) is 5.50. The molecule has 0 fully saturated rings. The topological polar surface area (TPSA) is 81.0 Å². The Morgan fingerprint density at radius 2 is 1.68 bits per heavy atom. The summed E-state index contributed by atoms with van der Waals surface area (Å²) in [4.78, 5) is 24.1. The lowest BCUT2D eigenvalue weighted by molar-refractivity contribution is 0.251. The highest BCUT2D eigenvalue weighted by molar-refractivity contribution is 5.89. The largest absolute Gasteiger partial charge is 0.345 e. The number of hydrogen-bond acceptors (Lipinski definition) is 3. The average molecular weight is 337 g/mol. The molecule has 0 atom stereocenters. The van der Waals surface area contributed by atoms with E-state index in [4.69, 9.17) is 0 Å². The van der Waals surface area contributed by atoms with E-state index >= 15 is 0 Å². The van der Waals surface area contributed by atoms with E-state index in [1.54, 1.807) is 19.2 Å². The molecule has 7 heteroatoms. The zero-order valence-electron chi connectivity index (χ0n) is 13.8. The van der Waals surface area contributed by atoms with E-state index < -0.39 is 0 Å². The van der Waals surface area contributed by atoms with E-state index in [9.17, 15) is 9.59 Å². The van der Waals surface area contributed by atoms with Crippen LogP contribution in [-0.2, 0) is 13.6 Å². The summed E-state index contributed by atoms with van der Waals surface area (Å²) in [5.41, 5.74) is 1.36. The SMILES string of the molecule is Cn1c(-c2ccccc2)nn(CCNC(=O)Nc2ccccc2)c1=O. The summed E-state index contributed by atoms with van der Waals surface area (Å²) >= 11 is 0. The van der Waals surface area contributed by atoms with Gasteiger partial charge in [-0.3, -0.25) is 4.57 Å². The van der Waals surface area contributed by atoms with Gasteiger partial charge >= 0.3 is 11.7 Å². The number of nitrogens with one attached hydrogen (secondary N) is 2. The van der Waals surface area contributed by atoms with Crippen LogP contribution in [0.1, 0.15) is 0 Å². The van der Waals surface area contributed by atoms with Crippen LogP contribution >= 0.6 is 0 Å². The molecule has 0 radical (unpaired) electrons. The van der Waals surface area contributed by atoms with Crippen molar-refractivity contribution >= 4 is 11.7 Å². The van der Waals surface area contributed by atoms with Gasteiger partial charge in [0.25, 0.3) is 0 Å². The van der Waals surface area contributed by atoms with Crippen LogP contribution in [0, 0.1) is 0 Å². The monoisotopic (exact) mass is 337 g/mol. The van der Waals surface area contributed by atoms with E-state index in [0.717, 1.165) is 5.56 Å². The van der Waals surface area contributed by atoms with Crippen LogP contribution in [0.5, 0.6) is 0 Å².